The molecule has 0 saturated carbocycles. The first-order chi connectivity index (χ1) is 16.3. The molecule has 0 spiro atoms. The predicted octanol–water partition coefficient (Wildman–Crippen LogP) is 8.10. The number of nitrogens with zero attached hydrogens (tertiary/aromatic N) is 2. The van der Waals surface area contributed by atoms with Crippen molar-refractivity contribution in [3.63, 3.8) is 0 Å². The van der Waals surface area contributed by atoms with Crippen molar-refractivity contribution in [1.29, 1.82) is 0 Å². The van der Waals surface area contributed by atoms with Gasteiger partial charge >= 0.3 is 0 Å². The van der Waals surface area contributed by atoms with Gasteiger partial charge in [0.25, 0.3) is 0 Å². The van der Waals surface area contributed by atoms with E-state index in [9.17, 15) is 0 Å². The monoisotopic (exact) mass is 422 g/mol. The molecule has 0 bridgehead atoms. The molecule has 33 heavy (non-hydrogen) atoms. The van der Waals surface area contributed by atoms with Gasteiger partial charge < -0.3 is 9.13 Å². The van der Waals surface area contributed by atoms with Crippen LogP contribution in [0.3, 0.4) is 0 Å². The van der Waals surface area contributed by atoms with Crippen LogP contribution in [-0.2, 0) is 7.05 Å². The average Bonchev–Trinajstić information content (AvgIpc) is 3.37. The second-order valence-corrected chi connectivity index (χ2v) is 8.70. The van der Waals surface area contributed by atoms with Gasteiger partial charge in [-0.15, -0.1) is 0 Å². The maximum absolute atomic E-state index is 2.40. The van der Waals surface area contributed by atoms with Crippen molar-refractivity contribution in [3.8, 4) is 16.8 Å². The Kier molecular flexibility index (Phi) is 3.80. The van der Waals surface area contributed by atoms with E-state index in [1.165, 1.54) is 60.4 Å². The largest absolute Gasteiger partial charge is 0.344 e. The molecular formula is C31H22N2. The van der Waals surface area contributed by atoms with Crippen LogP contribution in [0.1, 0.15) is 0 Å². The molecule has 0 unspecified atom stereocenters. The van der Waals surface area contributed by atoms with Gasteiger partial charge in [-0.2, -0.15) is 0 Å². The Balaban J connectivity index is 1.57. The molecule has 0 aliphatic heterocycles. The van der Waals surface area contributed by atoms with Gasteiger partial charge in [0.1, 0.15) is 0 Å². The highest BCUT2D eigenvalue weighted by molar-refractivity contribution is 6.28. The average molecular weight is 423 g/mol. The van der Waals surface area contributed by atoms with Crippen LogP contribution in [-0.4, -0.2) is 9.13 Å². The van der Waals surface area contributed by atoms with E-state index in [-0.39, 0.29) is 0 Å². The van der Waals surface area contributed by atoms with E-state index in [1.807, 2.05) is 0 Å². The standard InChI is InChI=1S/C31H22N2/c1-32-26-13-7-5-11-24(26)30-28(32)19-20-29-31(30)25-12-6-8-14-27(25)33(29)23-17-15-22(16-18-23)21-9-3-2-4-10-21/h2-20H,1H3. The summed E-state index contributed by atoms with van der Waals surface area (Å²) in [6, 6.07) is 41.5. The fourth-order valence-corrected chi connectivity index (χ4v) is 5.42. The number of para-hydroxylation sites is 2. The summed E-state index contributed by atoms with van der Waals surface area (Å²) < 4.78 is 4.71. The Hall–Kier alpha value is -4.30. The number of aromatic nitrogens is 2. The van der Waals surface area contributed by atoms with E-state index < -0.39 is 0 Å². The molecule has 0 N–H and O–H groups in total. The maximum Gasteiger partial charge on any atom is 0.0548 e. The van der Waals surface area contributed by atoms with Gasteiger partial charge in [-0.1, -0.05) is 78.9 Å². The molecular weight excluding hydrogens is 400 g/mol. The fourth-order valence-electron chi connectivity index (χ4n) is 5.42. The van der Waals surface area contributed by atoms with Crippen molar-refractivity contribution in [3.05, 3.63) is 115 Å². The zero-order valence-electron chi connectivity index (χ0n) is 18.4. The molecule has 7 aromatic rings. The summed E-state index contributed by atoms with van der Waals surface area (Å²) >= 11 is 0. The van der Waals surface area contributed by atoms with Gasteiger partial charge in [0.05, 0.1) is 11.0 Å². The molecule has 0 amide bonds. The first kappa shape index (κ1) is 18.3. The maximum atomic E-state index is 2.40. The minimum absolute atomic E-state index is 1.18. The van der Waals surface area contributed by atoms with Crippen LogP contribution in [0.25, 0.3) is 60.4 Å². The highest BCUT2D eigenvalue weighted by Gasteiger charge is 2.18. The number of hydrogen-bond donors (Lipinski definition) is 0. The van der Waals surface area contributed by atoms with Crippen molar-refractivity contribution < 1.29 is 0 Å². The summed E-state index contributed by atoms with van der Waals surface area (Å²) in [5.41, 5.74) is 8.67. The topological polar surface area (TPSA) is 9.86 Å². The molecule has 156 valence electrons. The molecule has 0 saturated heterocycles. The minimum Gasteiger partial charge on any atom is -0.344 e. The van der Waals surface area contributed by atoms with E-state index in [1.54, 1.807) is 0 Å². The lowest BCUT2D eigenvalue weighted by molar-refractivity contribution is 1.01. The number of aryl methyl sites for hydroxylation is 1. The normalized spacial score (nSPS) is 11.8. The summed E-state index contributed by atoms with van der Waals surface area (Å²) in [6.45, 7) is 0. The zero-order valence-corrected chi connectivity index (χ0v) is 18.4. The number of benzene rings is 5. The van der Waals surface area contributed by atoms with Crippen LogP contribution in [0.4, 0.5) is 0 Å². The van der Waals surface area contributed by atoms with Gasteiger partial charge in [-0.05, 0) is 47.5 Å². The molecule has 0 atom stereocenters. The Morgan fingerprint density at radius 3 is 1.73 bits per heavy atom. The lowest BCUT2D eigenvalue weighted by Gasteiger charge is -2.09. The van der Waals surface area contributed by atoms with E-state index in [4.69, 9.17) is 0 Å². The second-order valence-electron chi connectivity index (χ2n) is 8.70. The first-order valence-corrected chi connectivity index (χ1v) is 11.4. The summed E-state index contributed by atoms with van der Waals surface area (Å²) in [6.07, 6.45) is 0. The summed E-state index contributed by atoms with van der Waals surface area (Å²) in [5, 5.41) is 5.26. The highest BCUT2D eigenvalue weighted by Crippen LogP contribution is 2.40. The SMILES string of the molecule is Cn1c2ccccc2c2c3c4ccccc4n(-c4ccc(-c5ccccc5)cc4)c3ccc21. The van der Waals surface area contributed by atoms with E-state index in [0.29, 0.717) is 0 Å². The molecule has 7 rings (SSSR count). The van der Waals surface area contributed by atoms with Crippen LogP contribution in [0, 0.1) is 0 Å². The van der Waals surface area contributed by atoms with Gasteiger partial charge in [-0.25, -0.2) is 0 Å². The molecule has 5 aromatic carbocycles. The minimum atomic E-state index is 1.18. The highest BCUT2D eigenvalue weighted by atomic mass is 15.0. The number of hydrogen-bond acceptors (Lipinski definition) is 0. The Morgan fingerprint density at radius 1 is 0.424 bits per heavy atom. The summed E-state index contributed by atoms with van der Waals surface area (Å²) in [4.78, 5) is 0. The first-order valence-electron chi connectivity index (χ1n) is 11.4. The predicted molar refractivity (Wildman–Crippen MR) is 140 cm³/mol. The quantitative estimate of drug-likeness (QED) is 0.266. The van der Waals surface area contributed by atoms with Crippen LogP contribution >= 0.6 is 0 Å². The molecule has 2 nitrogen and oxygen atoms in total. The lowest BCUT2D eigenvalue weighted by Crippen LogP contribution is -1.93. The molecule has 0 fully saturated rings. The van der Waals surface area contributed by atoms with Crippen LogP contribution in [0.2, 0.25) is 0 Å². The van der Waals surface area contributed by atoms with E-state index in [0.717, 1.165) is 0 Å². The molecule has 0 radical (unpaired) electrons. The number of rotatable bonds is 2. The van der Waals surface area contributed by atoms with Crippen molar-refractivity contribution in [1.82, 2.24) is 9.13 Å². The molecule has 0 aliphatic carbocycles. The molecule has 2 heterocycles. The van der Waals surface area contributed by atoms with Crippen LogP contribution < -0.4 is 0 Å². The van der Waals surface area contributed by atoms with Crippen LogP contribution in [0.5, 0.6) is 0 Å². The van der Waals surface area contributed by atoms with Crippen LogP contribution in [0.15, 0.2) is 115 Å². The van der Waals surface area contributed by atoms with E-state index in [2.05, 4.69) is 131 Å². The van der Waals surface area contributed by atoms with Crippen molar-refractivity contribution in [2.75, 3.05) is 0 Å². The molecule has 0 aliphatic rings. The molecule has 2 heteroatoms. The van der Waals surface area contributed by atoms with E-state index >= 15 is 0 Å². The van der Waals surface area contributed by atoms with Gasteiger partial charge in [0.15, 0.2) is 0 Å². The van der Waals surface area contributed by atoms with Crippen molar-refractivity contribution >= 4 is 43.6 Å². The van der Waals surface area contributed by atoms with Gasteiger partial charge in [0, 0.05) is 45.3 Å². The third-order valence-electron chi connectivity index (χ3n) is 6.95. The third-order valence-corrected chi connectivity index (χ3v) is 6.95. The Labute approximate surface area is 191 Å². The van der Waals surface area contributed by atoms with Gasteiger partial charge in [-0.3, -0.25) is 0 Å². The Morgan fingerprint density at radius 2 is 0.970 bits per heavy atom. The summed E-state index contributed by atoms with van der Waals surface area (Å²) in [7, 11) is 2.16. The smallest absolute Gasteiger partial charge is 0.0548 e. The van der Waals surface area contributed by atoms with Crippen molar-refractivity contribution in [2.24, 2.45) is 7.05 Å². The summed E-state index contributed by atoms with van der Waals surface area (Å²) in [5.74, 6) is 0. The number of fused-ring (bicyclic) bond motifs is 7. The lowest BCUT2D eigenvalue weighted by atomic mass is 10.1. The second kappa shape index (κ2) is 6.85. The Bertz CT molecular complexity index is 1800. The molecule has 2 aromatic heterocycles. The fraction of sp³-hybridized carbons (Fsp3) is 0.0323. The third kappa shape index (κ3) is 2.55. The van der Waals surface area contributed by atoms with Gasteiger partial charge in [0.2, 0.25) is 0 Å². The van der Waals surface area contributed by atoms with Crippen molar-refractivity contribution in [2.45, 2.75) is 0 Å². The zero-order chi connectivity index (χ0) is 21.9.